The van der Waals surface area contributed by atoms with Crippen LogP contribution in [-0.4, -0.2) is 23.4 Å². The van der Waals surface area contributed by atoms with Crippen molar-refractivity contribution in [2.75, 3.05) is 6.54 Å². The number of likely N-dealkylation sites (tertiary alicyclic amines) is 1. The number of halogens is 1. The Kier molecular flexibility index (Phi) is 3.57. The van der Waals surface area contributed by atoms with E-state index in [9.17, 15) is 4.79 Å². The van der Waals surface area contributed by atoms with Crippen LogP contribution in [0.4, 0.5) is 0 Å². The van der Waals surface area contributed by atoms with E-state index in [1.54, 1.807) is 0 Å². The zero-order valence-electron chi connectivity index (χ0n) is 10.5. The Morgan fingerprint density at radius 3 is 2.71 bits per heavy atom. The fourth-order valence-corrected chi connectivity index (χ4v) is 2.94. The second-order valence-electron chi connectivity index (χ2n) is 5.06. The predicted molar refractivity (Wildman–Crippen MR) is 73.2 cm³/mol. The van der Waals surface area contributed by atoms with Crippen molar-refractivity contribution < 1.29 is 4.79 Å². The third kappa shape index (κ3) is 2.39. The van der Waals surface area contributed by atoms with E-state index in [-0.39, 0.29) is 5.91 Å². The molecule has 0 N–H and O–H groups in total. The molecule has 17 heavy (non-hydrogen) atoms. The van der Waals surface area contributed by atoms with E-state index < -0.39 is 0 Å². The molecule has 2 nitrogen and oxygen atoms in total. The average Bonchev–Trinajstić information content (AvgIpc) is 2.61. The van der Waals surface area contributed by atoms with E-state index in [0.29, 0.717) is 12.0 Å². The highest BCUT2D eigenvalue weighted by molar-refractivity contribution is 9.10. The number of hydrogen-bond acceptors (Lipinski definition) is 1. The molecule has 0 aliphatic carbocycles. The average molecular weight is 296 g/mol. The quantitative estimate of drug-likeness (QED) is 0.775. The molecule has 0 spiro atoms. The monoisotopic (exact) mass is 295 g/mol. The summed E-state index contributed by atoms with van der Waals surface area (Å²) >= 11 is 3.48. The molecule has 3 heteroatoms. The Morgan fingerprint density at radius 2 is 2.12 bits per heavy atom. The van der Waals surface area contributed by atoms with E-state index >= 15 is 0 Å². The molecular formula is C14H18BrNO. The Morgan fingerprint density at radius 1 is 1.41 bits per heavy atom. The highest BCUT2D eigenvalue weighted by atomic mass is 79.9. The van der Waals surface area contributed by atoms with Crippen molar-refractivity contribution in [3.8, 4) is 0 Å². The Balaban J connectivity index is 2.29. The molecule has 1 aliphatic rings. The lowest BCUT2D eigenvalue weighted by atomic mass is 10.1. The van der Waals surface area contributed by atoms with Crippen molar-refractivity contribution in [1.29, 1.82) is 0 Å². The molecule has 0 saturated carbocycles. The van der Waals surface area contributed by atoms with Gasteiger partial charge >= 0.3 is 0 Å². The first kappa shape index (κ1) is 12.6. The molecule has 1 aliphatic heterocycles. The number of carbonyl (C=O) groups excluding carboxylic acids is 1. The molecule has 2 rings (SSSR count). The van der Waals surface area contributed by atoms with Gasteiger partial charge in [-0.25, -0.2) is 0 Å². The third-order valence-corrected chi connectivity index (χ3v) is 4.40. The van der Waals surface area contributed by atoms with Crippen molar-refractivity contribution in [3.63, 3.8) is 0 Å². The molecule has 92 valence electrons. The van der Waals surface area contributed by atoms with Crippen molar-refractivity contribution in [1.82, 2.24) is 4.90 Å². The van der Waals surface area contributed by atoms with Crippen LogP contribution < -0.4 is 0 Å². The molecule has 0 radical (unpaired) electrons. The summed E-state index contributed by atoms with van der Waals surface area (Å²) in [6.45, 7) is 7.21. The smallest absolute Gasteiger partial charge is 0.254 e. The van der Waals surface area contributed by atoms with Gasteiger partial charge in [0, 0.05) is 22.6 Å². The molecule has 0 aromatic heterocycles. The minimum atomic E-state index is 0.167. The summed E-state index contributed by atoms with van der Waals surface area (Å²) in [6.07, 6.45) is 1.11. The van der Waals surface area contributed by atoms with E-state index in [2.05, 4.69) is 29.8 Å². The van der Waals surface area contributed by atoms with Gasteiger partial charge in [0.2, 0.25) is 0 Å². The zero-order chi connectivity index (χ0) is 12.6. The van der Waals surface area contributed by atoms with Crippen LogP contribution in [0.2, 0.25) is 0 Å². The van der Waals surface area contributed by atoms with Crippen LogP contribution in [0, 0.1) is 12.8 Å². The van der Waals surface area contributed by atoms with Crippen LogP contribution in [0.15, 0.2) is 22.7 Å². The molecule has 1 fully saturated rings. The normalized spacial score (nSPS) is 24.1. The van der Waals surface area contributed by atoms with Crippen LogP contribution >= 0.6 is 15.9 Å². The topological polar surface area (TPSA) is 20.3 Å². The molecule has 1 saturated heterocycles. The van der Waals surface area contributed by atoms with Gasteiger partial charge in [0.1, 0.15) is 0 Å². The summed E-state index contributed by atoms with van der Waals surface area (Å²) in [7, 11) is 0. The number of benzene rings is 1. The van der Waals surface area contributed by atoms with Crippen LogP contribution in [0.1, 0.15) is 36.2 Å². The molecule has 2 unspecified atom stereocenters. The number of rotatable bonds is 1. The third-order valence-electron chi connectivity index (χ3n) is 3.54. The van der Waals surface area contributed by atoms with Crippen LogP contribution in [0.5, 0.6) is 0 Å². The standard InChI is InChI=1S/C14H18BrNO/c1-9-7-10(2)16(8-9)14(17)12-5-4-6-13(15)11(12)3/h4-6,9-10H,7-8H2,1-3H3. The lowest BCUT2D eigenvalue weighted by Crippen LogP contribution is -2.34. The Hall–Kier alpha value is -0.830. The lowest BCUT2D eigenvalue weighted by molar-refractivity contribution is 0.0743. The predicted octanol–water partition coefficient (Wildman–Crippen LogP) is 3.63. The van der Waals surface area contributed by atoms with E-state index in [0.717, 1.165) is 28.6 Å². The Labute approximate surface area is 111 Å². The first-order valence-corrected chi connectivity index (χ1v) is 6.86. The maximum Gasteiger partial charge on any atom is 0.254 e. The van der Waals surface area contributed by atoms with Crippen LogP contribution in [-0.2, 0) is 0 Å². The van der Waals surface area contributed by atoms with E-state index in [4.69, 9.17) is 0 Å². The Bertz CT molecular complexity index is 444. The molecule has 2 atom stereocenters. The van der Waals surface area contributed by atoms with Crippen molar-refractivity contribution in [3.05, 3.63) is 33.8 Å². The van der Waals surface area contributed by atoms with Gasteiger partial charge in [-0.05, 0) is 43.9 Å². The highest BCUT2D eigenvalue weighted by Crippen LogP contribution is 2.27. The molecule has 1 amide bonds. The van der Waals surface area contributed by atoms with Crippen molar-refractivity contribution in [2.45, 2.75) is 33.2 Å². The maximum absolute atomic E-state index is 12.5. The maximum atomic E-state index is 12.5. The first-order valence-electron chi connectivity index (χ1n) is 6.06. The number of amides is 1. The summed E-state index contributed by atoms with van der Waals surface area (Å²) in [5.74, 6) is 0.780. The number of hydrogen-bond donors (Lipinski definition) is 0. The fraction of sp³-hybridized carbons (Fsp3) is 0.500. The molecular weight excluding hydrogens is 278 g/mol. The van der Waals surface area contributed by atoms with Crippen molar-refractivity contribution in [2.24, 2.45) is 5.92 Å². The lowest BCUT2D eigenvalue weighted by Gasteiger charge is -2.22. The fourth-order valence-electron chi connectivity index (χ4n) is 2.58. The van der Waals surface area contributed by atoms with Gasteiger partial charge in [-0.15, -0.1) is 0 Å². The first-order chi connectivity index (χ1) is 8.00. The summed E-state index contributed by atoms with van der Waals surface area (Å²) in [5, 5.41) is 0. The minimum absolute atomic E-state index is 0.167. The van der Waals surface area contributed by atoms with Crippen molar-refractivity contribution >= 4 is 21.8 Å². The van der Waals surface area contributed by atoms with E-state index in [1.165, 1.54) is 0 Å². The largest absolute Gasteiger partial charge is 0.336 e. The minimum Gasteiger partial charge on any atom is -0.336 e. The van der Waals surface area contributed by atoms with Gasteiger partial charge in [-0.3, -0.25) is 4.79 Å². The summed E-state index contributed by atoms with van der Waals surface area (Å²) in [6, 6.07) is 6.17. The molecule has 1 aromatic rings. The highest BCUT2D eigenvalue weighted by Gasteiger charge is 2.31. The van der Waals surface area contributed by atoms with Gasteiger partial charge in [-0.1, -0.05) is 28.9 Å². The van der Waals surface area contributed by atoms with Gasteiger partial charge < -0.3 is 4.90 Å². The van der Waals surface area contributed by atoms with Crippen LogP contribution in [0.25, 0.3) is 0 Å². The second kappa shape index (κ2) is 4.81. The molecule has 1 aromatic carbocycles. The summed E-state index contributed by atoms with van der Waals surface area (Å²) in [5.41, 5.74) is 1.85. The van der Waals surface area contributed by atoms with Gasteiger partial charge in [0.15, 0.2) is 0 Å². The van der Waals surface area contributed by atoms with E-state index in [1.807, 2.05) is 30.0 Å². The number of nitrogens with zero attached hydrogens (tertiary/aromatic N) is 1. The zero-order valence-corrected chi connectivity index (χ0v) is 12.1. The molecule has 1 heterocycles. The number of carbonyl (C=O) groups is 1. The van der Waals surface area contributed by atoms with Crippen LogP contribution in [0.3, 0.4) is 0 Å². The summed E-state index contributed by atoms with van der Waals surface area (Å²) in [4.78, 5) is 14.5. The van der Waals surface area contributed by atoms with Gasteiger partial charge in [0.05, 0.1) is 0 Å². The van der Waals surface area contributed by atoms with Gasteiger partial charge in [0.25, 0.3) is 5.91 Å². The van der Waals surface area contributed by atoms with Gasteiger partial charge in [-0.2, -0.15) is 0 Å². The SMILES string of the molecule is Cc1c(Br)cccc1C(=O)N1CC(C)CC1C. The second-order valence-corrected chi connectivity index (χ2v) is 5.91. The molecule has 0 bridgehead atoms. The summed E-state index contributed by atoms with van der Waals surface area (Å²) < 4.78 is 1.00.